The lowest BCUT2D eigenvalue weighted by Crippen LogP contribution is -2.51. The molecule has 0 spiro atoms. The highest BCUT2D eigenvalue weighted by molar-refractivity contribution is 5.85. The van der Waals surface area contributed by atoms with Crippen molar-refractivity contribution in [3.8, 4) is 0 Å². The normalized spacial score (nSPS) is 24.7. The van der Waals surface area contributed by atoms with Crippen molar-refractivity contribution < 1.29 is 4.79 Å². The Morgan fingerprint density at radius 2 is 1.92 bits per heavy atom. The predicted molar refractivity (Wildman–Crippen MR) is 101 cm³/mol. The SMILES string of the molecule is Cc1ccccc1CC(=O)N1CCN(CC2(C)CCNC2)CC1.Cl. The molecule has 2 aliphatic rings. The zero-order chi connectivity index (χ0) is 16.3. The number of amides is 1. The maximum absolute atomic E-state index is 12.5. The molecule has 1 aromatic carbocycles. The fourth-order valence-electron chi connectivity index (χ4n) is 3.78. The van der Waals surface area contributed by atoms with Gasteiger partial charge in [-0.15, -0.1) is 12.4 Å². The molecule has 3 rings (SSSR count). The summed E-state index contributed by atoms with van der Waals surface area (Å²) < 4.78 is 0. The molecule has 1 unspecified atom stereocenters. The monoisotopic (exact) mass is 351 g/mol. The summed E-state index contributed by atoms with van der Waals surface area (Å²) in [4.78, 5) is 17.1. The van der Waals surface area contributed by atoms with Gasteiger partial charge in [0.1, 0.15) is 0 Å². The van der Waals surface area contributed by atoms with E-state index in [2.05, 4.69) is 36.2 Å². The summed E-state index contributed by atoms with van der Waals surface area (Å²) in [5, 5.41) is 3.47. The van der Waals surface area contributed by atoms with E-state index < -0.39 is 0 Å². The molecule has 0 bridgehead atoms. The molecule has 24 heavy (non-hydrogen) atoms. The Hall–Kier alpha value is -1.10. The maximum Gasteiger partial charge on any atom is 0.227 e. The van der Waals surface area contributed by atoms with Gasteiger partial charge in [-0.05, 0) is 36.4 Å². The van der Waals surface area contributed by atoms with Crippen molar-refractivity contribution in [2.75, 3.05) is 45.8 Å². The molecule has 2 aliphatic heterocycles. The highest BCUT2D eigenvalue weighted by Crippen LogP contribution is 2.26. The molecule has 0 aliphatic carbocycles. The van der Waals surface area contributed by atoms with E-state index in [1.807, 2.05) is 17.0 Å². The zero-order valence-electron chi connectivity index (χ0n) is 14.9. The summed E-state index contributed by atoms with van der Waals surface area (Å²) in [5.74, 6) is 0.271. The van der Waals surface area contributed by atoms with Crippen LogP contribution in [0.25, 0.3) is 0 Å². The summed E-state index contributed by atoms with van der Waals surface area (Å²) in [7, 11) is 0. The minimum absolute atomic E-state index is 0. The van der Waals surface area contributed by atoms with Crippen LogP contribution in [0.3, 0.4) is 0 Å². The number of piperazine rings is 1. The first-order valence-corrected chi connectivity index (χ1v) is 8.81. The molecule has 1 N–H and O–H groups in total. The van der Waals surface area contributed by atoms with Gasteiger partial charge in [0.05, 0.1) is 6.42 Å². The molecule has 0 aromatic heterocycles. The highest BCUT2D eigenvalue weighted by atomic mass is 35.5. The van der Waals surface area contributed by atoms with Gasteiger partial charge in [-0.2, -0.15) is 0 Å². The molecular weight excluding hydrogens is 322 g/mol. The van der Waals surface area contributed by atoms with Gasteiger partial charge >= 0.3 is 0 Å². The Bertz CT molecular complexity index is 549. The molecule has 2 heterocycles. The quantitative estimate of drug-likeness (QED) is 0.902. The second kappa shape index (κ2) is 8.32. The van der Waals surface area contributed by atoms with Crippen molar-refractivity contribution in [2.24, 2.45) is 5.41 Å². The number of rotatable bonds is 4. The Labute approximate surface area is 152 Å². The molecule has 1 aromatic rings. The minimum atomic E-state index is 0. The number of halogens is 1. The van der Waals surface area contributed by atoms with Crippen LogP contribution in [-0.4, -0.2) is 61.5 Å². The number of nitrogens with zero attached hydrogens (tertiary/aromatic N) is 2. The van der Waals surface area contributed by atoms with Crippen molar-refractivity contribution in [1.82, 2.24) is 15.1 Å². The molecular formula is C19H30ClN3O. The van der Waals surface area contributed by atoms with Crippen molar-refractivity contribution in [2.45, 2.75) is 26.7 Å². The van der Waals surface area contributed by atoms with Crippen molar-refractivity contribution >= 4 is 18.3 Å². The summed E-state index contributed by atoms with van der Waals surface area (Å²) >= 11 is 0. The molecule has 1 amide bonds. The van der Waals surface area contributed by atoms with Crippen LogP contribution < -0.4 is 5.32 Å². The van der Waals surface area contributed by atoms with Crippen LogP contribution in [0.15, 0.2) is 24.3 Å². The third-order valence-corrected chi connectivity index (χ3v) is 5.39. The number of benzene rings is 1. The number of aryl methyl sites for hydroxylation is 1. The smallest absolute Gasteiger partial charge is 0.227 e. The second-order valence-electron chi connectivity index (χ2n) is 7.50. The van der Waals surface area contributed by atoms with Crippen LogP contribution in [-0.2, 0) is 11.2 Å². The van der Waals surface area contributed by atoms with E-state index in [0.717, 1.165) is 51.4 Å². The first-order chi connectivity index (χ1) is 11.1. The fourth-order valence-corrected chi connectivity index (χ4v) is 3.78. The lowest BCUT2D eigenvalue weighted by atomic mass is 9.89. The van der Waals surface area contributed by atoms with Gasteiger partial charge in [-0.25, -0.2) is 0 Å². The molecule has 0 radical (unpaired) electrons. The van der Waals surface area contributed by atoms with Crippen LogP contribution >= 0.6 is 12.4 Å². The van der Waals surface area contributed by atoms with Gasteiger partial charge in [-0.3, -0.25) is 9.69 Å². The van der Waals surface area contributed by atoms with Gasteiger partial charge in [-0.1, -0.05) is 31.2 Å². The standard InChI is InChI=1S/C19H29N3O.ClH/c1-16-5-3-4-6-17(16)13-18(23)22-11-9-21(10-12-22)15-19(2)7-8-20-14-19;/h3-6,20H,7-15H2,1-2H3;1H. The van der Waals surface area contributed by atoms with Crippen molar-refractivity contribution in [3.63, 3.8) is 0 Å². The van der Waals surface area contributed by atoms with E-state index in [9.17, 15) is 4.79 Å². The van der Waals surface area contributed by atoms with E-state index in [-0.39, 0.29) is 18.3 Å². The first-order valence-electron chi connectivity index (χ1n) is 8.81. The number of nitrogens with one attached hydrogen (secondary N) is 1. The molecule has 4 nitrogen and oxygen atoms in total. The van der Waals surface area contributed by atoms with Crippen molar-refractivity contribution in [3.05, 3.63) is 35.4 Å². The van der Waals surface area contributed by atoms with E-state index in [4.69, 9.17) is 0 Å². The average molecular weight is 352 g/mol. The largest absolute Gasteiger partial charge is 0.340 e. The van der Waals surface area contributed by atoms with Crippen molar-refractivity contribution in [1.29, 1.82) is 0 Å². The van der Waals surface area contributed by atoms with Crippen LogP contribution in [0.2, 0.25) is 0 Å². The van der Waals surface area contributed by atoms with Gasteiger partial charge in [0, 0.05) is 39.3 Å². The fraction of sp³-hybridized carbons (Fsp3) is 0.632. The molecule has 134 valence electrons. The summed E-state index contributed by atoms with van der Waals surface area (Å²) in [6, 6.07) is 8.19. The third kappa shape index (κ3) is 4.71. The Kier molecular flexibility index (Phi) is 6.67. The number of carbonyl (C=O) groups is 1. The third-order valence-electron chi connectivity index (χ3n) is 5.39. The number of hydrogen-bond acceptors (Lipinski definition) is 3. The second-order valence-corrected chi connectivity index (χ2v) is 7.50. The minimum Gasteiger partial charge on any atom is -0.340 e. The maximum atomic E-state index is 12.5. The Morgan fingerprint density at radius 1 is 1.21 bits per heavy atom. The Morgan fingerprint density at radius 3 is 2.54 bits per heavy atom. The van der Waals surface area contributed by atoms with E-state index in [1.54, 1.807) is 0 Å². The number of hydrogen-bond donors (Lipinski definition) is 1. The zero-order valence-corrected chi connectivity index (χ0v) is 15.7. The van der Waals surface area contributed by atoms with Crippen LogP contribution in [0.1, 0.15) is 24.5 Å². The summed E-state index contributed by atoms with van der Waals surface area (Å²) in [6.07, 6.45) is 1.80. The predicted octanol–water partition coefficient (Wildman–Crippen LogP) is 2.10. The summed E-state index contributed by atoms with van der Waals surface area (Å²) in [6.45, 7) is 11.6. The summed E-state index contributed by atoms with van der Waals surface area (Å²) in [5.41, 5.74) is 2.78. The average Bonchev–Trinajstić information content (AvgIpc) is 2.96. The lowest BCUT2D eigenvalue weighted by molar-refractivity contribution is -0.132. The Balaban J connectivity index is 0.00000208. The molecule has 5 heteroatoms. The van der Waals surface area contributed by atoms with Gasteiger partial charge in [0.15, 0.2) is 0 Å². The molecule has 0 saturated carbocycles. The van der Waals surface area contributed by atoms with Crippen LogP contribution in [0.4, 0.5) is 0 Å². The first kappa shape index (κ1) is 19.2. The van der Waals surface area contributed by atoms with E-state index in [1.165, 1.54) is 12.0 Å². The van der Waals surface area contributed by atoms with E-state index in [0.29, 0.717) is 11.8 Å². The van der Waals surface area contributed by atoms with Gasteiger partial charge in [0.25, 0.3) is 0 Å². The molecule has 2 saturated heterocycles. The molecule has 2 fully saturated rings. The highest BCUT2D eigenvalue weighted by Gasteiger charge is 2.32. The topological polar surface area (TPSA) is 35.6 Å². The van der Waals surface area contributed by atoms with Gasteiger partial charge in [0.2, 0.25) is 5.91 Å². The van der Waals surface area contributed by atoms with Gasteiger partial charge < -0.3 is 10.2 Å². The number of carbonyl (C=O) groups excluding carboxylic acids is 1. The van der Waals surface area contributed by atoms with E-state index >= 15 is 0 Å². The molecule has 1 atom stereocenters. The van der Waals surface area contributed by atoms with Crippen LogP contribution in [0.5, 0.6) is 0 Å². The van der Waals surface area contributed by atoms with Crippen LogP contribution in [0, 0.1) is 12.3 Å². The lowest BCUT2D eigenvalue weighted by Gasteiger charge is -2.38.